The molecule has 1 aliphatic heterocycles. The fourth-order valence-corrected chi connectivity index (χ4v) is 4.65. The van der Waals surface area contributed by atoms with Crippen LogP contribution in [-0.2, 0) is 11.3 Å². The first-order valence-corrected chi connectivity index (χ1v) is 11.0. The maximum Gasteiger partial charge on any atom is 0.255 e. The van der Waals surface area contributed by atoms with Crippen LogP contribution in [0.3, 0.4) is 0 Å². The summed E-state index contributed by atoms with van der Waals surface area (Å²) in [5.74, 6) is -0.0904. The van der Waals surface area contributed by atoms with Crippen molar-refractivity contribution in [2.24, 2.45) is 0 Å². The zero-order valence-electron chi connectivity index (χ0n) is 17.4. The molecule has 0 spiro atoms. The molecule has 2 aliphatic rings. The Morgan fingerprint density at radius 1 is 1.16 bits per heavy atom. The summed E-state index contributed by atoms with van der Waals surface area (Å²) in [5.41, 5.74) is 2.89. The maximum absolute atomic E-state index is 13.4. The highest BCUT2D eigenvalue weighted by molar-refractivity contribution is 5.96. The predicted molar refractivity (Wildman–Crippen MR) is 115 cm³/mol. The van der Waals surface area contributed by atoms with Gasteiger partial charge in [-0.1, -0.05) is 18.9 Å². The summed E-state index contributed by atoms with van der Waals surface area (Å²) in [6, 6.07) is 7.90. The number of amides is 2. The molecule has 1 saturated heterocycles. The van der Waals surface area contributed by atoms with Crippen molar-refractivity contribution in [3.63, 3.8) is 0 Å². The third-order valence-corrected chi connectivity index (χ3v) is 6.27. The van der Waals surface area contributed by atoms with Crippen LogP contribution in [0.25, 0.3) is 11.2 Å². The van der Waals surface area contributed by atoms with Gasteiger partial charge in [-0.2, -0.15) is 0 Å². The Kier molecular flexibility index (Phi) is 5.36. The molecule has 4 heterocycles. The molecule has 31 heavy (non-hydrogen) atoms. The fraction of sp³-hybridized carbons (Fsp3) is 0.435. The zero-order chi connectivity index (χ0) is 21.2. The molecule has 0 aromatic carbocycles. The van der Waals surface area contributed by atoms with Crippen molar-refractivity contribution in [3.05, 3.63) is 54.2 Å². The molecule has 0 radical (unpaired) electrons. The molecule has 8 nitrogen and oxygen atoms in total. The van der Waals surface area contributed by atoms with Crippen LogP contribution in [0, 0.1) is 0 Å². The molecule has 8 heteroatoms. The number of nitrogens with one attached hydrogen (secondary N) is 1. The molecule has 2 amide bonds. The highest BCUT2D eigenvalue weighted by Crippen LogP contribution is 2.31. The summed E-state index contributed by atoms with van der Waals surface area (Å²) in [7, 11) is 0. The number of carbonyl (C=O) groups excluding carboxylic acids is 2. The van der Waals surface area contributed by atoms with Crippen LogP contribution >= 0.6 is 0 Å². The molecular weight excluding hydrogens is 392 g/mol. The Hall–Kier alpha value is -3.29. The molecule has 160 valence electrons. The Bertz CT molecular complexity index is 1090. The largest absolute Gasteiger partial charge is 0.352 e. The standard InChI is InChI=1S/C23H26N6O2/c30-21-9-8-18(27-21)14-28(13-17-5-3-4-10-24-17)23(31)16-11-20-22(25-12-16)29(15-26-20)19-6-1-2-7-19/h3-5,10-12,15,18-19H,1-2,6-9,13-14H2,(H,27,30)/t18-/m0/s1. The van der Waals surface area contributed by atoms with Crippen molar-refractivity contribution in [2.45, 2.75) is 57.2 Å². The summed E-state index contributed by atoms with van der Waals surface area (Å²) < 4.78 is 2.15. The van der Waals surface area contributed by atoms with Gasteiger partial charge >= 0.3 is 0 Å². The number of fused-ring (bicyclic) bond motifs is 1. The Balaban J connectivity index is 1.40. The van der Waals surface area contributed by atoms with Gasteiger partial charge in [-0.3, -0.25) is 14.6 Å². The van der Waals surface area contributed by atoms with Crippen molar-refractivity contribution < 1.29 is 9.59 Å². The summed E-state index contributed by atoms with van der Waals surface area (Å²) >= 11 is 0. The molecule has 1 N–H and O–H groups in total. The average molecular weight is 419 g/mol. The first-order chi connectivity index (χ1) is 15.2. The molecule has 1 aliphatic carbocycles. The number of carbonyl (C=O) groups is 2. The molecule has 1 atom stereocenters. The number of aromatic nitrogens is 4. The van der Waals surface area contributed by atoms with Crippen LogP contribution in [-0.4, -0.2) is 48.8 Å². The third kappa shape index (κ3) is 4.15. The summed E-state index contributed by atoms with van der Waals surface area (Å²) in [4.78, 5) is 40.3. The van der Waals surface area contributed by atoms with Gasteiger partial charge in [0.05, 0.1) is 24.1 Å². The summed E-state index contributed by atoms with van der Waals surface area (Å²) in [6.07, 6.45) is 11.2. The van der Waals surface area contributed by atoms with E-state index in [9.17, 15) is 9.59 Å². The molecule has 2 fully saturated rings. The van der Waals surface area contributed by atoms with Gasteiger partial charge in [-0.15, -0.1) is 0 Å². The number of rotatable bonds is 6. The van der Waals surface area contributed by atoms with Crippen molar-refractivity contribution in [3.8, 4) is 0 Å². The van der Waals surface area contributed by atoms with Gasteiger partial charge in [0.15, 0.2) is 5.65 Å². The lowest BCUT2D eigenvalue weighted by molar-refractivity contribution is -0.119. The van der Waals surface area contributed by atoms with E-state index in [1.807, 2.05) is 30.6 Å². The topological polar surface area (TPSA) is 93.0 Å². The summed E-state index contributed by atoms with van der Waals surface area (Å²) in [6.45, 7) is 0.816. The summed E-state index contributed by atoms with van der Waals surface area (Å²) in [5, 5.41) is 2.96. The van der Waals surface area contributed by atoms with Crippen molar-refractivity contribution in [2.75, 3.05) is 6.54 Å². The lowest BCUT2D eigenvalue weighted by atomic mass is 10.1. The predicted octanol–water partition coefficient (Wildman–Crippen LogP) is 2.86. The highest BCUT2D eigenvalue weighted by Gasteiger charge is 2.27. The number of hydrogen-bond donors (Lipinski definition) is 1. The number of pyridine rings is 2. The van der Waals surface area contributed by atoms with Gasteiger partial charge in [-0.25, -0.2) is 9.97 Å². The normalized spacial score (nSPS) is 19.1. The van der Waals surface area contributed by atoms with E-state index >= 15 is 0 Å². The SMILES string of the molecule is O=C1CC[C@@H](CN(Cc2ccccn2)C(=O)c2cnc3c(c2)ncn3C2CCCC2)N1. The molecule has 5 rings (SSSR count). The van der Waals surface area contributed by atoms with Gasteiger partial charge in [-0.05, 0) is 37.5 Å². The van der Waals surface area contributed by atoms with Crippen LogP contribution in [0.4, 0.5) is 0 Å². The van der Waals surface area contributed by atoms with E-state index in [1.54, 1.807) is 17.3 Å². The van der Waals surface area contributed by atoms with E-state index in [0.29, 0.717) is 31.1 Å². The van der Waals surface area contributed by atoms with Crippen LogP contribution in [0.15, 0.2) is 43.0 Å². The zero-order valence-corrected chi connectivity index (χ0v) is 17.4. The van der Waals surface area contributed by atoms with Crippen LogP contribution in [0.5, 0.6) is 0 Å². The Morgan fingerprint density at radius 2 is 2.03 bits per heavy atom. The molecule has 0 bridgehead atoms. The van der Waals surface area contributed by atoms with Crippen molar-refractivity contribution >= 4 is 23.0 Å². The maximum atomic E-state index is 13.4. The highest BCUT2D eigenvalue weighted by atomic mass is 16.2. The lowest BCUT2D eigenvalue weighted by Gasteiger charge is -2.25. The second-order valence-corrected chi connectivity index (χ2v) is 8.47. The first kappa shape index (κ1) is 19.7. The Morgan fingerprint density at radius 3 is 2.77 bits per heavy atom. The van der Waals surface area contributed by atoms with E-state index < -0.39 is 0 Å². The van der Waals surface area contributed by atoms with Crippen molar-refractivity contribution in [1.29, 1.82) is 0 Å². The van der Waals surface area contributed by atoms with Gasteiger partial charge < -0.3 is 14.8 Å². The van der Waals surface area contributed by atoms with Gasteiger partial charge in [0.25, 0.3) is 5.91 Å². The van der Waals surface area contributed by atoms with Gasteiger partial charge in [0, 0.05) is 37.4 Å². The van der Waals surface area contributed by atoms with Crippen LogP contribution in [0.1, 0.15) is 60.6 Å². The number of hydrogen-bond acceptors (Lipinski definition) is 5. The molecular formula is C23H26N6O2. The van der Waals surface area contributed by atoms with Crippen molar-refractivity contribution in [1.82, 2.24) is 29.7 Å². The van der Waals surface area contributed by atoms with E-state index in [-0.39, 0.29) is 17.9 Å². The molecule has 3 aromatic heterocycles. The average Bonchev–Trinajstić information content (AvgIpc) is 3.54. The van der Waals surface area contributed by atoms with Crippen LogP contribution < -0.4 is 5.32 Å². The first-order valence-electron chi connectivity index (χ1n) is 11.0. The molecule has 1 saturated carbocycles. The quantitative estimate of drug-likeness (QED) is 0.664. The smallest absolute Gasteiger partial charge is 0.255 e. The fourth-order valence-electron chi connectivity index (χ4n) is 4.65. The van der Waals surface area contributed by atoms with E-state index in [4.69, 9.17) is 0 Å². The number of nitrogens with zero attached hydrogens (tertiary/aromatic N) is 5. The minimum Gasteiger partial charge on any atom is -0.352 e. The van der Waals surface area contributed by atoms with Crippen LogP contribution in [0.2, 0.25) is 0 Å². The van der Waals surface area contributed by atoms with Gasteiger partial charge in [0.2, 0.25) is 5.91 Å². The molecule has 0 unspecified atom stereocenters. The number of imidazole rings is 1. The second-order valence-electron chi connectivity index (χ2n) is 8.47. The minimum absolute atomic E-state index is 0.0378. The van der Waals surface area contributed by atoms with Gasteiger partial charge in [0.1, 0.15) is 5.52 Å². The third-order valence-electron chi connectivity index (χ3n) is 6.27. The Labute approximate surface area is 180 Å². The molecule has 3 aromatic rings. The lowest BCUT2D eigenvalue weighted by Crippen LogP contribution is -2.41. The monoisotopic (exact) mass is 418 g/mol. The minimum atomic E-state index is -0.128. The van der Waals surface area contributed by atoms with E-state index in [2.05, 4.69) is 24.8 Å². The van der Waals surface area contributed by atoms with E-state index in [0.717, 1.165) is 36.1 Å². The second kappa shape index (κ2) is 8.45. The van der Waals surface area contributed by atoms with E-state index in [1.165, 1.54) is 12.8 Å².